The van der Waals surface area contributed by atoms with Crippen LogP contribution in [0.15, 0.2) is 29.2 Å². The van der Waals surface area contributed by atoms with Crippen LogP contribution in [0.4, 0.5) is 0 Å². The number of primary sulfonamides is 1. The Balaban J connectivity index is 2.00. The number of rotatable bonds is 4. The summed E-state index contributed by atoms with van der Waals surface area (Å²) >= 11 is 5.52. The van der Waals surface area contributed by atoms with Gasteiger partial charge in [-0.15, -0.1) is 0 Å². The molecule has 0 saturated heterocycles. The van der Waals surface area contributed by atoms with E-state index in [4.69, 9.17) is 17.4 Å². The van der Waals surface area contributed by atoms with Gasteiger partial charge in [-0.3, -0.25) is 0 Å². The zero-order valence-corrected chi connectivity index (χ0v) is 15.3. The first-order chi connectivity index (χ1) is 10.8. The Morgan fingerprint density at radius 2 is 1.83 bits per heavy atom. The smallest absolute Gasteiger partial charge is 0.238 e. The van der Waals surface area contributed by atoms with Gasteiger partial charge in [0.1, 0.15) is 0 Å². The molecule has 1 fully saturated rings. The lowest BCUT2D eigenvalue weighted by atomic mass is 9.96. The Hall–Kier alpha value is -1.18. The Morgan fingerprint density at radius 3 is 2.35 bits per heavy atom. The van der Waals surface area contributed by atoms with E-state index in [1.807, 2.05) is 18.9 Å². The fourth-order valence-electron chi connectivity index (χ4n) is 2.86. The first kappa shape index (κ1) is 18.2. The van der Waals surface area contributed by atoms with Gasteiger partial charge < -0.3 is 10.2 Å². The van der Waals surface area contributed by atoms with Crippen molar-refractivity contribution in [2.24, 2.45) is 5.14 Å². The van der Waals surface area contributed by atoms with Crippen LogP contribution >= 0.6 is 12.2 Å². The largest absolute Gasteiger partial charge is 0.360 e. The molecule has 0 bridgehead atoms. The van der Waals surface area contributed by atoms with Crippen LogP contribution < -0.4 is 10.5 Å². The third kappa shape index (κ3) is 4.89. The maximum atomic E-state index is 11.3. The molecule has 128 valence electrons. The highest BCUT2D eigenvalue weighted by Gasteiger charge is 2.19. The summed E-state index contributed by atoms with van der Waals surface area (Å²) < 4.78 is 22.6. The first-order valence-corrected chi connectivity index (χ1v) is 9.90. The summed E-state index contributed by atoms with van der Waals surface area (Å²) in [6.45, 7) is 2.04. The van der Waals surface area contributed by atoms with E-state index in [2.05, 4.69) is 5.32 Å². The van der Waals surface area contributed by atoms with Crippen LogP contribution in [-0.2, 0) is 10.0 Å². The van der Waals surface area contributed by atoms with Gasteiger partial charge in [-0.25, -0.2) is 13.6 Å². The van der Waals surface area contributed by atoms with E-state index in [1.54, 1.807) is 12.1 Å². The fraction of sp³-hybridized carbons (Fsp3) is 0.562. The minimum absolute atomic E-state index is 0.0492. The van der Waals surface area contributed by atoms with Gasteiger partial charge in [0, 0.05) is 13.1 Å². The van der Waals surface area contributed by atoms with Crippen molar-refractivity contribution in [3.8, 4) is 0 Å². The molecule has 0 radical (unpaired) electrons. The molecule has 5 nitrogen and oxygen atoms in total. The summed E-state index contributed by atoms with van der Waals surface area (Å²) in [5.41, 5.74) is 0.993. The van der Waals surface area contributed by atoms with Gasteiger partial charge in [-0.2, -0.15) is 0 Å². The highest BCUT2D eigenvalue weighted by Crippen LogP contribution is 2.22. The van der Waals surface area contributed by atoms with Gasteiger partial charge >= 0.3 is 0 Å². The quantitative estimate of drug-likeness (QED) is 0.812. The van der Waals surface area contributed by atoms with Crippen LogP contribution in [-0.4, -0.2) is 31.5 Å². The van der Waals surface area contributed by atoms with Crippen molar-refractivity contribution in [2.45, 2.75) is 56.0 Å². The first-order valence-electron chi connectivity index (χ1n) is 7.95. The van der Waals surface area contributed by atoms with Gasteiger partial charge in [0.25, 0.3) is 0 Å². The number of nitrogens with one attached hydrogen (secondary N) is 1. The van der Waals surface area contributed by atoms with Crippen molar-refractivity contribution in [3.63, 3.8) is 0 Å². The second-order valence-electron chi connectivity index (χ2n) is 6.19. The van der Waals surface area contributed by atoms with Gasteiger partial charge in [-0.1, -0.05) is 31.4 Å². The average Bonchev–Trinajstić information content (AvgIpc) is 2.53. The van der Waals surface area contributed by atoms with Gasteiger partial charge in [0.05, 0.1) is 10.9 Å². The molecule has 1 aliphatic carbocycles. The lowest BCUT2D eigenvalue weighted by Gasteiger charge is -2.32. The zero-order chi connectivity index (χ0) is 17.0. The minimum Gasteiger partial charge on any atom is -0.360 e. The van der Waals surface area contributed by atoms with E-state index in [0.29, 0.717) is 6.04 Å². The maximum Gasteiger partial charge on any atom is 0.238 e. The molecule has 0 aliphatic heterocycles. The zero-order valence-electron chi connectivity index (χ0n) is 13.7. The molecule has 3 N–H and O–H groups in total. The van der Waals surface area contributed by atoms with Crippen molar-refractivity contribution >= 4 is 27.4 Å². The number of thiocarbonyl (C=S) groups is 1. The molecule has 0 spiro atoms. The maximum absolute atomic E-state index is 11.3. The van der Waals surface area contributed by atoms with E-state index < -0.39 is 10.0 Å². The minimum atomic E-state index is -3.65. The second kappa shape index (κ2) is 7.59. The Labute approximate surface area is 144 Å². The number of nitrogens with two attached hydrogens (primary N) is 1. The number of hydrogen-bond acceptors (Lipinski definition) is 3. The standard InChI is InChI=1S/C16H25N3O2S2/c1-12(13-8-10-15(11-9-13)23(17,20)21)19(2)16(22)18-14-6-4-3-5-7-14/h8-12,14H,3-7H2,1-2H3,(H,18,22)(H2,17,20,21)/t12-/m1/s1. The molecule has 0 amide bonds. The molecule has 0 aromatic heterocycles. The number of hydrogen-bond donors (Lipinski definition) is 2. The molecular formula is C16H25N3O2S2. The van der Waals surface area contributed by atoms with E-state index >= 15 is 0 Å². The molecule has 1 saturated carbocycles. The van der Waals surface area contributed by atoms with Crippen molar-refractivity contribution < 1.29 is 8.42 Å². The molecule has 7 heteroatoms. The van der Waals surface area contributed by atoms with Crippen LogP contribution in [0.25, 0.3) is 0 Å². The molecule has 2 rings (SSSR count). The van der Waals surface area contributed by atoms with Crippen LogP contribution in [0, 0.1) is 0 Å². The number of nitrogens with zero attached hydrogens (tertiary/aromatic N) is 1. The van der Waals surface area contributed by atoms with Crippen molar-refractivity contribution in [3.05, 3.63) is 29.8 Å². The van der Waals surface area contributed by atoms with Crippen molar-refractivity contribution in [2.75, 3.05) is 7.05 Å². The van der Waals surface area contributed by atoms with Crippen LogP contribution in [0.3, 0.4) is 0 Å². The normalized spacial score (nSPS) is 17.5. The molecule has 0 heterocycles. The van der Waals surface area contributed by atoms with Gasteiger partial charge in [0.2, 0.25) is 10.0 Å². The third-order valence-corrected chi connectivity index (χ3v) is 5.86. The summed E-state index contributed by atoms with van der Waals surface area (Å²) in [7, 11) is -1.70. The van der Waals surface area contributed by atoms with E-state index in [1.165, 1.54) is 44.2 Å². The van der Waals surface area contributed by atoms with E-state index in [-0.39, 0.29) is 10.9 Å². The predicted molar refractivity (Wildman–Crippen MR) is 96.6 cm³/mol. The fourth-order valence-corrected chi connectivity index (χ4v) is 3.70. The molecule has 1 aliphatic rings. The summed E-state index contributed by atoms with van der Waals surface area (Å²) in [6, 6.07) is 7.15. The Kier molecular flexibility index (Phi) is 6.00. The molecule has 1 atom stereocenters. The lowest BCUT2D eigenvalue weighted by molar-refractivity contribution is 0.362. The SMILES string of the molecule is C[C@H](c1ccc(S(N)(=O)=O)cc1)N(C)C(=S)NC1CCCCC1. The number of sulfonamides is 1. The topological polar surface area (TPSA) is 75.4 Å². The van der Waals surface area contributed by atoms with Crippen molar-refractivity contribution in [1.82, 2.24) is 10.2 Å². The van der Waals surface area contributed by atoms with Gasteiger partial charge in [-0.05, 0) is 49.7 Å². The summed E-state index contributed by atoms with van der Waals surface area (Å²) in [4.78, 5) is 2.13. The average molecular weight is 356 g/mol. The number of benzene rings is 1. The monoisotopic (exact) mass is 355 g/mol. The molecule has 1 aromatic rings. The van der Waals surface area contributed by atoms with Crippen LogP contribution in [0.2, 0.25) is 0 Å². The third-order valence-electron chi connectivity index (χ3n) is 4.53. The second-order valence-corrected chi connectivity index (χ2v) is 8.13. The molecule has 23 heavy (non-hydrogen) atoms. The van der Waals surface area contributed by atoms with Crippen LogP contribution in [0.5, 0.6) is 0 Å². The van der Waals surface area contributed by atoms with E-state index in [0.717, 1.165) is 10.7 Å². The molecular weight excluding hydrogens is 330 g/mol. The summed E-state index contributed by atoms with van der Waals surface area (Å²) in [5, 5.41) is 9.31. The van der Waals surface area contributed by atoms with Gasteiger partial charge in [0.15, 0.2) is 5.11 Å². The molecule has 0 unspecified atom stereocenters. The Morgan fingerprint density at radius 1 is 1.26 bits per heavy atom. The van der Waals surface area contributed by atoms with Crippen LogP contribution in [0.1, 0.15) is 50.6 Å². The Bertz CT molecular complexity index is 638. The lowest BCUT2D eigenvalue weighted by Crippen LogP contribution is -2.44. The summed E-state index contributed by atoms with van der Waals surface area (Å²) in [5.74, 6) is 0. The predicted octanol–water partition coefficient (Wildman–Crippen LogP) is 2.53. The highest BCUT2D eigenvalue weighted by atomic mass is 32.2. The van der Waals surface area contributed by atoms with Crippen molar-refractivity contribution in [1.29, 1.82) is 0 Å². The molecule has 1 aromatic carbocycles. The summed E-state index contributed by atoms with van der Waals surface area (Å²) in [6.07, 6.45) is 6.17. The highest BCUT2D eigenvalue weighted by molar-refractivity contribution is 7.89. The van der Waals surface area contributed by atoms with E-state index in [9.17, 15) is 8.42 Å².